The smallest absolute Gasteiger partial charge is 0.125 e. The fourth-order valence-corrected chi connectivity index (χ4v) is 2.28. The quantitative estimate of drug-likeness (QED) is 0.876. The SMILES string of the molecule is COc1ccc(OC2CCC(C)(C)C2O)cc1. The molecule has 1 aliphatic carbocycles. The van der Waals surface area contributed by atoms with Crippen LogP contribution >= 0.6 is 0 Å². The molecule has 0 saturated heterocycles. The van der Waals surface area contributed by atoms with E-state index in [9.17, 15) is 5.11 Å². The lowest BCUT2D eigenvalue weighted by atomic mass is 9.89. The summed E-state index contributed by atoms with van der Waals surface area (Å²) < 4.78 is 10.9. The number of ether oxygens (including phenoxy) is 2. The summed E-state index contributed by atoms with van der Waals surface area (Å²) >= 11 is 0. The van der Waals surface area contributed by atoms with Gasteiger partial charge in [-0.15, -0.1) is 0 Å². The molecule has 0 aliphatic heterocycles. The second kappa shape index (κ2) is 4.57. The predicted octanol–water partition coefficient (Wildman–Crippen LogP) is 2.62. The molecule has 1 saturated carbocycles. The standard InChI is InChI=1S/C14H20O3/c1-14(2)9-8-12(13(14)15)17-11-6-4-10(16-3)5-7-11/h4-7,12-13,15H,8-9H2,1-3H3. The second-order valence-corrected chi connectivity index (χ2v) is 5.30. The molecule has 94 valence electrons. The molecule has 1 fully saturated rings. The van der Waals surface area contributed by atoms with Crippen LogP contribution in [0.25, 0.3) is 0 Å². The summed E-state index contributed by atoms with van der Waals surface area (Å²) in [6.07, 6.45) is 1.40. The average Bonchev–Trinajstić information content (AvgIpc) is 2.57. The van der Waals surface area contributed by atoms with Crippen LogP contribution in [0.4, 0.5) is 0 Å². The Morgan fingerprint density at radius 1 is 1.18 bits per heavy atom. The highest BCUT2D eigenvalue weighted by Gasteiger charge is 2.42. The van der Waals surface area contributed by atoms with Crippen LogP contribution in [-0.2, 0) is 0 Å². The van der Waals surface area contributed by atoms with E-state index < -0.39 is 6.10 Å². The zero-order valence-corrected chi connectivity index (χ0v) is 10.6. The van der Waals surface area contributed by atoms with Gasteiger partial charge in [-0.1, -0.05) is 13.8 Å². The van der Waals surface area contributed by atoms with Gasteiger partial charge >= 0.3 is 0 Å². The van der Waals surface area contributed by atoms with Gasteiger partial charge in [0.25, 0.3) is 0 Å². The fourth-order valence-electron chi connectivity index (χ4n) is 2.28. The van der Waals surface area contributed by atoms with Crippen molar-refractivity contribution in [2.75, 3.05) is 7.11 Å². The number of benzene rings is 1. The van der Waals surface area contributed by atoms with Gasteiger partial charge in [0.15, 0.2) is 0 Å². The molecule has 2 rings (SSSR count). The van der Waals surface area contributed by atoms with Crippen LogP contribution in [0.15, 0.2) is 24.3 Å². The third kappa shape index (κ3) is 2.55. The molecule has 3 nitrogen and oxygen atoms in total. The molecule has 0 spiro atoms. The Kier molecular flexibility index (Phi) is 3.29. The maximum Gasteiger partial charge on any atom is 0.125 e. The van der Waals surface area contributed by atoms with Crippen LogP contribution in [0.3, 0.4) is 0 Å². The highest BCUT2D eigenvalue weighted by molar-refractivity contribution is 5.31. The third-order valence-corrected chi connectivity index (χ3v) is 3.57. The predicted molar refractivity (Wildman–Crippen MR) is 66.4 cm³/mol. The minimum atomic E-state index is -0.399. The maximum atomic E-state index is 10.1. The Hall–Kier alpha value is -1.22. The van der Waals surface area contributed by atoms with Crippen molar-refractivity contribution in [3.63, 3.8) is 0 Å². The van der Waals surface area contributed by atoms with E-state index in [-0.39, 0.29) is 11.5 Å². The van der Waals surface area contributed by atoms with Crippen molar-refractivity contribution in [3.8, 4) is 11.5 Å². The van der Waals surface area contributed by atoms with E-state index in [0.29, 0.717) is 0 Å². The second-order valence-electron chi connectivity index (χ2n) is 5.30. The van der Waals surface area contributed by atoms with Gasteiger partial charge in [0.2, 0.25) is 0 Å². The summed E-state index contributed by atoms with van der Waals surface area (Å²) in [6.45, 7) is 4.16. The summed E-state index contributed by atoms with van der Waals surface area (Å²) in [7, 11) is 1.64. The van der Waals surface area contributed by atoms with Crippen molar-refractivity contribution in [1.29, 1.82) is 0 Å². The van der Waals surface area contributed by atoms with Crippen molar-refractivity contribution < 1.29 is 14.6 Å². The van der Waals surface area contributed by atoms with Crippen LogP contribution in [0.1, 0.15) is 26.7 Å². The molecule has 1 N–H and O–H groups in total. The average molecular weight is 236 g/mol. The van der Waals surface area contributed by atoms with Crippen molar-refractivity contribution >= 4 is 0 Å². The molecule has 17 heavy (non-hydrogen) atoms. The van der Waals surface area contributed by atoms with Crippen molar-refractivity contribution in [2.45, 2.75) is 38.9 Å². The van der Waals surface area contributed by atoms with Gasteiger partial charge in [-0.05, 0) is 42.5 Å². The number of hydrogen-bond acceptors (Lipinski definition) is 3. The molecule has 1 aromatic carbocycles. The van der Waals surface area contributed by atoms with Gasteiger partial charge in [-0.3, -0.25) is 0 Å². The monoisotopic (exact) mass is 236 g/mol. The van der Waals surface area contributed by atoms with E-state index >= 15 is 0 Å². The third-order valence-electron chi connectivity index (χ3n) is 3.57. The molecular weight excluding hydrogens is 216 g/mol. The van der Waals surface area contributed by atoms with Crippen LogP contribution in [0.5, 0.6) is 11.5 Å². The summed E-state index contributed by atoms with van der Waals surface area (Å²) in [5.74, 6) is 1.59. The van der Waals surface area contributed by atoms with Gasteiger partial charge in [0.05, 0.1) is 13.2 Å². The molecule has 0 bridgehead atoms. The molecule has 1 aromatic rings. The highest BCUT2D eigenvalue weighted by Crippen LogP contribution is 2.39. The van der Waals surface area contributed by atoms with E-state index in [1.54, 1.807) is 7.11 Å². The van der Waals surface area contributed by atoms with Crippen molar-refractivity contribution in [3.05, 3.63) is 24.3 Å². The fraction of sp³-hybridized carbons (Fsp3) is 0.571. The van der Waals surface area contributed by atoms with Gasteiger partial charge in [0.1, 0.15) is 17.6 Å². The summed E-state index contributed by atoms with van der Waals surface area (Å²) in [5.41, 5.74) is -0.0445. The number of hydrogen-bond donors (Lipinski definition) is 1. The first-order chi connectivity index (χ1) is 8.03. The van der Waals surface area contributed by atoms with E-state index in [0.717, 1.165) is 24.3 Å². The lowest BCUT2D eigenvalue weighted by Crippen LogP contribution is -2.34. The normalized spacial score (nSPS) is 26.8. The van der Waals surface area contributed by atoms with Crippen LogP contribution in [0, 0.1) is 5.41 Å². The number of methoxy groups -OCH3 is 1. The van der Waals surface area contributed by atoms with E-state index in [4.69, 9.17) is 9.47 Å². The topological polar surface area (TPSA) is 38.7 Å². The lowest BCUT2D eigenvalue weighted by Gasteiger charge is -2.25. The Morgan fingerprint density at radius 2 is 1.76 bits per heavy atom. The molecule has 2 unspecified atom stereocenters. The minimum absolute atomic E-state index is 0.0445. The first-order valence-corrected chi connectivity index (χ1v) is 6.02. The minimum Gasteiger partial charge on any atom is -0.497 e. The summed E-state index contributed by atoms with van der Waals surface area (Å²) in [5, 5.41) is 10.1. The van der Waals surface area contributed by atoms with Gasteiger partial charge < -0.3 is 14.6 Å². The number of aliphatic hydroxyl groups is 1. The molecule has 0 heterocycles. The zero-order chi connectivity index (χ0) is 12.5. The number of rotatable bonds is 3. The van der Waals surface area contributed by atoms with E-state index in [1.807, 2.05) is 24.3 Å². The first kappa shape index (κ1) is 12.2. The first-order valence-electron chi connectivity index (χ1n) is 6.02. The van der Waals surface area contributed by atoms with E-state index in [1.165, 1.54) is 0 Å². The summed E-state index contributed by atoms with van der Waals surface area (Å²) in [4.78, 5) is 0. The van der Waals surface area contributed by atoms with Gasteiger partial charge in [-0.2, -0.15) is 0 Å². The zero-order valence-electron chi connectivity index (χ0n) is 10.6. The van der Waals surface area contributed by atoms with Crippen LogP contribution in [-0.4, -0.2) is 24.4 Å². The Balaban J connectivity index is 2.01. The highest BCUT2D eigenvalue weighted by atomic mass is 16.5. The van der Waals surface area contributed by atoms with E-state index in [2.05, 4.69) is 13.8 Å². The largest absolute Gasteiger partial charge is 0.497 e. The van der Waals surface area contributed by atoms with Gasteiger partial charge in [-0.25, -0.2) is 0 Å². The molecule has 0 aromatic heterocycles. The number of aliphatic hydroxyl groups excluding tert-OH is 1. The van der Waals surface area contributed by atoms with Crippen molar-refractivity contribution in [1.82, 2.24) is 0 Å². The molecule has 1 aliphatic rings. The van der Waals surface area contributed by atoms with Gasteiger partial charge in [0, 0.05) is 0 Å². The molecule has 2 atom stereocenters. The van der Waals surface area contributed by atoms with Crippen LogP contribution in [0.2, 0.25) is 0 Å². The molecular formula is C14H20O3. The van der Waals surface area contributed by atoms with Crippen LogP contribution < -0.4 is 9.47 Å². The maximum absolute atomic E-state index is 10.1. The van der Waals surface area contributed by atoms with Crippen molar-refractivity contribution in [2.24, 2.45) is 5.41 Å². The molecule has 3 heteroatoms. The Morgan fingerprint density at radius 3 is 2.24 bits per heavy atom. The molecule has 0 radical (unpaired) electrons. The summed E-state index contributed by atoms with van der Waals surface area (Å²) in [6, 6.07) is 7.47. The Labute approximate surface area is 102 Å². The molecule has 0 amide bonds. The lowest BCUT2D eigenvalue weighted by molar-refractivity contribution is 0.00491. The Bertz CT molecular complexity index is 370.